The quantitative estimate of drug-likeness (QED) is 0.0900. The second-order valence-electron chi connectivity index (χ2n) is 11.0. The molecule has 1 aromatic carbocycles. The first-order valence-corrected chi connectivity index (χ1v) is 14.1. The average molecular weight is 577 g/mol. The maximum absolute atomic E-state index is 13.9. The van der Waals surface area contributed by atoms with Crippen molar-refractivity contribution in [3.63, 3.8) is 0 Å². The van der Waals surface area contributed by atoms with Crippen molar-refractivity contribution in [3.8, 4) is 0 Å². The van der Waals surface area contributed by atoms with E-state index in [4.69, 9.17) is 39.8 Å². The molecule has 1 aromatic rings. The van der Waals surface area contributed by atoms with Gasteiger partial charge in [-0.05, 0) is 67.2 Å². The van der Waals surface area contributed by atoms with Crippen molar-refractivity contribution in [1.82, 2.24) is 15.8 Å². The number of hydrazine groups is 1. The lowest BCUT2D eigenvalue weighted by Gasteiger charge is -2.44. The van der Waals surface area contributed by atoms with Crippen LogP contribution in [0.3, 0.4) is 0 Å². The molecule has 6 N–H and O–H groups in total. The van der Waals surface area contributed by atoms with Crippen LogP contribution >= 0.6 is 23.2 Å². The predicted molar refractivity (Wildman–Crippen MR) is 158 cm³/mol. The molecule has 0 aromatic heterocycles. The molecule has 0 bridgehead atoms. The van der Waals surface area contributed by atoms with Gasteiger partial charge in [-0.25, -0.2) is 11.4 Å². The summed E-state index contributed by atoms with van der Waals surface area (Å²) in [6, 6.07) is 7.02. The fraction of sp³-hybridized carbons (Fsp3) is 0.500. The maximum atomic E-state index is 13.9. The highest BCUT2D eigenvalue weighted by atomic mass is 35.5. The van der Waals surface area contributed by atoms with Gasteiger partial charge in [0.25, 0.3) is 11.8 Å². The van der Waals surface area contributed by atoms with Crippen molar-refractivity contribution in [2.75, 3.05) is 5.88 Å². The lowest BCUT2D eigenvalue weighted by atomic mass is 9.69. The Morgan fingerprint density at radius 2 is 1.90 bits per heavy atom. The van der Waals surface area contributed by atoms with Crippen LogP contribution in [0.4, 0.5) is 0 Å². The SMILES string of the molecule is CC/C(Cl)=C\C(=C/CCl)C1=NC2(CCC(C(C)(C)C)CC2)N(Cc2ccc(C(=O)N/C(N)=N/NN)cc2)C1=O. The molecule has 3 rings (SSSR count). The molecule has 1 spiro atoms. The Balaban J connectivity index is 1.91. The Morgan fingerprint density at radius 1 is 1.26 bits per heavy atom. The highest BCUT2D eigenvalue weighted by Crippen LogP contribution is 2.47. The number of nitrogens with zero attached hydrogens (tertiary/aromatic N) is 3. The third-order valence-corrected chi connectivity index (χ3v) is 8.02. The standard InChI is InChI=1S/C28H39Cl2N7O2/c1-5-22(30)16-20(12-15-29)23-25(39)37(28(34-23)13-10-21(11-14-28)27(2,3)4)17-18-6-8-19(9-7-18)24(38)33-26(31)35-36-32/h6-9,12,16,21,36H,5,10-11,13-15,17,32H2,1-4H3,(H3,31,33,35,38)/b20-12+,22-16+. The van der Waals surface area contributed by atoms with Crippen LogP contribution in [0.5, 0.6) is 0 Å². The Bertz CT molecular complexity index is 1180. The van der Waals surface area contributed by atoms with Gasteiger partial charge in [0.15, 0.2) is 0 Å². The largest absolute Gasteiger partial charge is 0.368 e. The highest BCUT2D eigenvalue weighted by Gasteiger charge is 2.50. The number of hydrogen-bond acceptors (Lipinski definition) is 6. The first-order chi connectivity index (χ1) is 18.4. The number of carbonyl (C=O) groups excluding carboxylic acids is 2. The summed E-state index contributed by atoms with van der Waals surface area (Å²) in [5, 5.41) is 6.59. The fourth-order valence-electron chi connectivity index (χ4n) is 5.18. The molecule has 212 valence electrons. The van der Waals surface area contributed by atoms with Crippen LogP contribution < -0.4 is 22.4 Å². The molecule has 0 unspecified atom stereocenters. The predicted octanol–water partition coefficient (Wildman–Crippen LogP) is 4.52. The van der Waals surface area contributed by atoms with E-state index in [0.29, 0.717) is 40.8 Å². The van der Waals surface area contributed by atoms with Gasteiger partial charge in [0.1, 0.15) is 11.4 Å². The number of halogens is 2. The van der Waals surface area contributed by atoms with Gasteiger partial charge in [0.2, 0.25) is 5.96 Å². The molecule has 0 saturated heterocycles. The summed E-state index contributed by atoms with van der Waals surface area (Å²) < 4.78 is 0. The summed E-state index contributed by atoms with van der Waals surface area (Å²) in [4.78, 5) is 33.4. The summed E-state index contributed by atoms with van der Waals surface area (Å²) in [5.41, 5.74) is 9.49. The molecule has 2 amide bonds. The number of allylic oxidation sites excluding steroid dienone is 3. The molecular weight excluding hydrogens is 537 g/mol. The Labute approximate surface area is 240 Å². The van der Waals surface area contributed by atoms with E-state index in [1.165, 1.54) is 0 Å². The van der Waals surface area contributed by atoms with E-state index >= 15 is 0 Å². The van der Waals surface area contributed by atoms with Crippen molar-refractivity contribution in [3.05, 3.63) is 58.1 Å². The van der Waals surface area contributed by atoms with Gasteiger partial charge in [0, 0.05) is 28.6 Å². The third-order valence-electron chi connectivity index (χ3n) is 7.48. The molecule has 0 atom stereocenters. The number of nitrogens with two attached hydrogens (primary N) is 2. The molecule has 1 fully saturated rings. The number of amides is 2. The van der Waals surface area contributed by atoms with Crippen LogP contribution in [0.2, 0.25) is 0 Å². The minimum absolute atomic E-state index is 0.141. The number of guanidine groups is 1. The molecule has 1 heterocycles. The minimum Gasteiger partial charge on any atom is -0.368 e. The first kappa shape index (κ1) is 30.7. The summed E-state index contributed by atoms with van der Waals surface area (Å²) in [6.07, 6.45) is 7.73. The number of alkyl halides is 1. The van der Waals surface area contributed by atoms with Gasteiger partial charge in [0.05, 0.1) is 0 Å². The van der Waals surface area contributed by atoms with Crippen LogP contribution in [-0.4, -0.2) is 39.9 Å². The van der Waals surface area contributed by atoms with Crippen molar-refractivity contribution in [1.29, 1.82) is 0 Å². The number of nitrogens with one attached hydrogen (secondary N) is 2. The summed E-state index contributed by atoms with van der Waals surface area (Å²) in [6.45, 7) is 9.12. The molecule has 11 heteroatoms. The number of hydrogen-bond donors (Lipinski definition) is 4. The molecule has 2 aliphatic rings. The summed E-state index contributed by atoms with van der Waals surface area (Å²) in [7, 11) is 0. The van der Waals surface area contributed by atoms with Crippen molar-refractivity contribution < 1.29 is 9.59 Å². The minimum atomic E-state index is -0.637. The van der Waals surface area contributed by atoms with Crippen LogP contribution in [-0.2, 0) is 11.3 Å². The zero-order valence-corrected chi connectivity index (χ0v) is 24.6. The van der Waals surface area contributed by atoms with Crippen LogP contribution in [0.1, 0.15) is 75.7 Å². The monoisotopic (exact) mass is 575 g/mol. The molecule has 1 aliphatic carbocycles. The van der Waals surface area contributed by atoms with Gasteiger partial charge in [-0.2, -0.15) is 0 Å². The topological polar surface area (TPSA) is 138 Å². The lowest BCUT2D eigenvalue weighted by Crippen LogP contribution is -2.49. The number of hydrazone groups is 1. The lowest BCUT2D eigenvalue weighted by molar-refractivity contribution is -0.130. The van der Waals surface area contributed by atoms with E-state index < -0.39 is 11.6 Å². The van der Waals surface area contributed by atoms with Gasteiger partial charge < -0.3 is 10.6 Å². The van der Waals surface area contributed by atoms with E-state index in [2.05, 4.69) is 31.2 Å². The zero-order valence-electron chi connectivity index (χ0n) is 23.1. The van der Waals surface area contributed by atoms with Crippen LogP contribution in [0.25, 0.3) is 0 Å². The normalized spacial score (nSPS) is 22.8. The van der Waals surface area contributed by atoms with Gasteiger partial charge >= 0.3 is 0 Å². The highest BCUT2D eigenvalue weighted by molar-refractivity contribution is 6.48. The third kappa shape index (κ3) is 7.41. The van der Waals surface area contributed by atoms with Crippen molar-refractivity contribution in [2.45, 2.75) is 72.0 Å². The average Bonchev–Trinajstić information content (AvgIpc) is 3.14. The van der Waals surface area contributed by atoms with E-state index in [1.54, 1.807) is 24.3 Å². The van der Waals surface area contributed by atoms with E-state index in [0.717, 1.165) is 31.2 Å². The number of aliphatic imine (C=N–C) groups is 1. The number of rotatable bonds is 8. The fourth-order valence-corrected chi connectivity index (χ4v) is 5.46. The van der Waals surface area contributed by atoms with E-state index in [-0.39, 0.29) is 23.2 Å². The molecular formula is C28H39Cl2N7O2. The first-order valence-electron chi connectivity index (χ1n) is 13.2. The summed E-state index contributed by atoms with van der Waals surface area (Å²) >= 11 is 12.4. The Hall–Kier alpha value is -2.88. The maximum Gasteiger partial charge on any atom is 0.274 e. The van der Waals surface area contributed by atoms with Gasteiger partial charge in [-0.3, -0.25) is 19.9 Å². The van der Waals surface area contributed by atoms with Crippen molar-refractivity contribution >= 4 is 46.7 Å². The van der Waals surface area contributed by atoms with Crippen LogP contribution in [0.15, 0.2) is 57.1 Å². The molecule has 1 saturated carbocycles. The van der Waals surface area contributed by atoms with Crippen LogP contribution in [0, 0.1) is 11.3 Å². The molecule has 1 aliphatic heterocycles. The molecule has 9 nitrogen and oxygen atoms in total. The Morgan fingerprint density at radius 3 is 2.44 bits per heavy atom. The second kappa shape index (κ2) is 13.0. The number of benzene rings is 1. The van der Waals surface area contributed by atoms with E-state index in [9.17, 15) is 9.59 Å². The van der Waals surface area contributed by atoms with Gasteiger partial charge in [-0.1, -0.05) is 57.5 Å². The molecule has 0 radical (unpaired) electrons. The van der Waals surface area contributed by atoms with Gasteiger partial charge in [-0.15, -0.1) is 16.7 Å². The van der Waals surface area contributed by atoms with E-state index in [1.807, 2.05) is 29.5 Å². The number of carbonyl (C=O) groups is 2. The van der Waals surface area contributed by atoms with Crippen molar-refractivity contribution in [2.24, 2.45) is 33.0 Å². The second-order valence-corrected chi connectivity index (χ2v) is 11.8. The molecule has 39 heavy (non-hydrogen) atoms. The Kier molecular flexibility index (Phi) is 10.2. The zero-order chi connectivity index (χ0) is 28.8. The smallest absolute Gasteiger partial charge is 0.274 e. The summed E-state index contributed by atoms with van der Waals surface area (Å²) in [5.74, 6) is 5.17.